The highest BCUT2D eigenvalue weighted by atomic mass is 15.0. The normalized spacial score (nSPS) is 24.6. The molecule has 1 unspecified atom stereocenters. The van der Waals surface area contributed by atoms with E-state index >= 15 is 0 Å². The van der Waals surface area contributed by atoms with E-state index in [1.54, 1.807) is 0 Å². The van der Waals surface area contributed by atoms with Gasteiger partial charge >= 0.3 is 0 Å². The van der Waals surface area contributed by atoms with Crippen LogP contribution < -0.4 is 10.6 Å². The summed E-state index contributed by atoms with van der Waals surface area (Å²) in [5.41, 5.74) is 1.72. The zero-order chi connectivity index (χ0) is 11.3. The maximum atomic E-state index is 3.57. The maximum Gasteiger partial charge on any atom is 0.0340 e. The topological polar surface area (TPSA) is 24.1 Å². The Morgan fingerprint density at radius 1 is 1.31 bits per heavy atom. The first-order chi connectivity index (χ1) is 7.85. The van der Waals surface area contributed by atoms with Crippen molar-refractivity contribution >= 4 is 5.69 Å². The molecule has 0 spiro atoms. The minimum atomic E-state index is 0.477. The lowest BCUT2D eigenvalue weighted by atomic mass is 9.82. The molecule has 2 N–H and O–H groups in total. The summed E-state index contributed by atoms with van der Waals surface area (Å²) >= 11 is 0. The minimum Gasteiger partial charge on any atom is -0.384 e. The predicted octanol–water partition coefficient (Wildman–Crippen LogP) is 2.88. The van der Waals surface area contributed by atoms with Crippen LogP contribution in [0.2, 0.25) is 0 Å². The molecule has 2 rings (SSSR count). The van der Waals surface area contributed by atoms with Crippen molar-refractivity contribution in [2.75, 3.05) is 25.0 Å². The van der Waals surface area contributed by atoms with Crippen LogP contribution in [0.15, 0.2) is 30.3 Å². The number of benzene rings is 1. The van der Waals surface area contributed by atoms with Gasteiger partial charge in [0.2, 0.25) is 0 Å². The molecule has 0 radical (unpaired) electrons. The van der Waals surface area contributed by atoms with Gasteiger partial charge in [0, 0.05) is 24.2 Å². The molecule has 0 aliphatic carbocycles. The van der Waals surface area contributed by atoms with Crippen LogP contribution in [0.4, 0.5) is 5.69 Å². The SMILES string of the molecule is CCCC1(CNc2ccccc2)CCNC1. The Labute approximate surface area is 98.4 Å². The van der Waals surface area contributed by atoms with Crippen molar-refractivity contribution in [1.82, 2.24) is 5.32 Å². The lowest BCUT2D eigenvalue weighted by Gasteiger charge is -2.28. The van der Waals surface area contributed by atoms with Gasteiger partial charge in [0.1, 0.15) is 0 Å². The second-order valence-electron chi connectivity index (χ2n) is 4.90. The second-order valence-corrected chi connectivity index (χ2v) is 4.90. The first-order valence-corrected chi connectivity index (χ1v) is 6.34. The van der Waals surface area contributed by atoms with Crippen molar-refractivity contribution in [2.45, 2.75) is 26.2 Å². The third-order valence-corrected chi connectivity index (χ3v) is 3.55. The lowest BCUT2D eigenvalue weighted by molar-refractivity contribution is 0.314. The first-order valence-electron chi connectivity index (χ1n) is 6.34. The smallest absolute Gasteiger partial charge is 0.0340 e. The average molecular weight is 218 g/mol. The van der Waals surface area contributed by atoms with Gasteiger partial charge in [-0.05, 0) is 31.5 Å². The Balaban J connectivity index is 1.92. The van der Waals surface area contributed by atoms with Crippen LogP contribution in [0.5, 0.6) is 0 Å². The van der Waals surface area contributed by atoms with Gasteiger partial charge < -0.3 is 10.6 Å². The molecule has 1 aliphatic rings. The van der Waals surface area contributed by atoms with E-state index < -0.39 is 0 Å². The predicted molar refractivity (Wildman–Crippen MR) is 69.8 cm³/mol. The van der Waals surface area contributed by atoms with Crippen LogP contribution in [-0.4, -0.2) is 19.6 Å². The van der Waals surface area contributed by atoms with E-state index in [2.05, 4.69) is 47.9 Å². The Kier molecular flexibility index (Phi) is 3.83. The van der Waals surface area contributed by atoms with E-state index in [-0.39, 0.29) is 0 Å². The summed E-state index contributed by atoms with van der Waals surface area (Å²) in [6, 6.07) is 10.5. The van der Waals surface area contributed by atoms with E-state index in [0.29, 0.717) is 5.41 Å². The number of rotatable bonds is 5. The quantitative estimate of drug-likeness (QED) is 0.794. The number of para-hydroxylation sites is 1. The highest BCUT2D eigenvalue weighted by Crippen LogP contribution is 2.31. The number of hydrogen-bond acceptors (Lipinski definition) is 2. The Bertz CT molecular complexity index is 302. The van der Waals surface area contributed by atoms with E-state index in [1.165, 1.54) is 38.0 Å². The Hall–Kier alpha value is -1.02. The molecule has 2 nitrogen and oxygen atoms in total. The number of anilines is 1. The van der Waals surface area contributed by atoms with Crippen molar-refractivity contribution in [3.8, 4) is 0 Å². The molecule has 1 aromatic rings. The summed E-state index contributed by atoms with van der Waals surface area (Å²) < 4.78 is 0. The summed E-state index contributed by atoms with van der Waals surface area (Å²) in [5, 5.41) is 7.07. The number of nitrogens with one attached hydrogen (secondary N) is 2. The molecule has 1 saturated heterocycles. The average Bonchev–Trinajstić information content (AvgIpc) is 2.78. The van der Waals surface area contributed by atoms with E-state index in [1.807, 2.05) is 0 Å². The third kappa shape index (κ3) is 2.76. The largest absolute Gasteiger partial charge is 0.384 e. The molecule has 1 aliphatic heterocycles. The van der Waals surface area contributed by atoms with Gasteiger partial charge in [0.25, 0.3) is 0 Å². The lowest BCUT2D eigenvalue weighted by Crippen LogP contribution is -2.32. The van der Waals surface area contributed by atoms with Crippen LogP contribution >= 0.6 is 0 Å². The molecule has 1 heterocycles. The van der Waals surface area contributed by atoms with Crippen molar-refractivity contribution < 1.29 is 0 Å². The molecular weight excluding hydrogens is 196 g/mol. The van der Waals surface area contributed by atoms with Gasteiger partial charge in [-0.1, -0.05) is 31.5 Å². The van der Waals surface area contributed by atoms with E-state index in [4.69, 9.17) is 0 Å². The Morgan fingerprint density at radius 2 is 2.12 bits per heavy atom. The number of hydrogen-bond donors (Lipinski definition) is 2. The van der Waals surface area contributed by atoms with Crippen molar-refractivity contribution in [3.63, 3.8) is 0 Å². The molecule has 16 heavy (non-hydrogen) atoms. The summed E-state index contributed by atoms with van der Waals surface area (Å²) in [5.74, 6) is 0. The Morgan fingerprint density at radius 3 is 2.75 bits per heavy atom. The standard InChI is InChI=1S/C14H22N2/c1-2-8-14(9-10-15-11-14)12-16-13-6-4-3-5-7-13/h3-7,15-16H,2,8-12H2,1H3. The van der Waals surface area contributed by atoms with Gasteiger partial charge in [-0.3, -0.25) is 0 Å². The van der Waals surface area contributed by atoms with Crippen LogP contribution in [-0.2, 0) is 0 Å². The molecule has 2 heteroatoms. The molecule has 0 aromatic heterocycles. The van der Waals surface area contributed by atoms with Crippen LogP contribution in [0.1, 0.15) is 26.2 Å². The summed E-state index contributed by atoms with van der Waals surface area (Å²) in [6.07, 6.45) is 3.90. The molecule has 0 bridgehead atoms. The molecule has 0 amide bonds. The van der Waals surface area contributed by atoms with Gasteiger partial charge in [0.05, 0.1) is 0 Å². The van der Waals surface area contributed by atoms with E-state index in [0.717, 1.165) is 6.54 Å². The zero-order valence-corrected chi connectivity index (χ0v) is 10.1. The first kappa shape index (κ1) is 11.5. The monoisotopic (exact) mass is 218 g/mol. The van der Waals surface area contributed by atoms with Gasteiger partial charge in [-0.2, -0.15) is 0 Å². The minimum absolute atomic E-state index is 0.477. The molecule has 88 valence electrons. The van der Waals surface area contributed by atoms with Crippen LogP contribution in [0.3, 0.4) is 0 Å². The summed E-state index contributed by atoms with van der Waals surface area (Å²) in [4.78, 5) is 0. The fourth-order valence-corrected chi connectivity index (χ4v) is 2.62. The highest BCUT2D eigenvalue weighted by molar-refractivity contribution is 5.42. The van der Waals surface area contributed by atoms with Gasteiger partial charge in [-0.15, -0.1) is 0 Å². The molecule has 1 aromatic carbocycles. The van der Waals surface area contributed by atoms with Crippen molar-refractivity contribution in [2.24, 2.45) is 5.41 Å². The van der Waals surface area contributed by atoms with Gasteiger partial charge in [0.15, 0.2) is 0 Å². The highest BCUT2D eigenvalue weighted by Gasteiger charge is 2.32. The van der Waals surface area contributed by atoms with Crippen molar-refractivity contribution in [1.29, 1.82) is 0 Å². The third-order valence-electron chi connectivity index (χ3n) is 3.55. The van der Waals surface area contributed by atoms with Crippen LogP contribution in [0.25, 0.3) is 0 Å². The van der Waals surface area contributed by atoms with Crippen LogP contribution in [0, 0.1) is 5.41 Å². The van der Waals surface area contributed by atoms with Crippen molar-refractivity contribution in [3.05, 3.63) is 30.3 Å². The fourth-order valence-electron chi connectivity index (χ4n) is 2.62. The zero-order valence-electron chi connectivity index (χ0n) is 10.1. The maximum absolute atomic E-state index is 3.57. The summed E-state index contributed by atoms with van der Waals surface area (Å²) in [7, 11) is 0. The summed E-state index contributed by atoms with van der Waals surface area (Å²) in [6.45, 7) is 5.72. The second kappa shape index (κ2) is 5.35. The molecule has 1 fully saturated rings. The molecule has 0 saturated carbocycles. The van der Waals surface area contributed by atoms with E-state index in [9.17, 15) is 0 Å². The molecular formula is C14H22N2. The fraction of sp³-hybridized carbons (Fsp3) is 0.571. The van der Waals surface area contributed by atoms with Gasteiger partial charge in [-0.25, -0.2) is 0 Å². The molecule has 1 atom stereocenters.